The van der Waals surface area contributed by atoms with E-state index in [-0.39, 0.29) is 24.8 Å². The second-order valence-corrected chi connectivity index (χ2v) is 5.46. The zero-order chi connectivity index (χ0) is 13.1. The molecule has 0 aromatic rings. The van der Waals surface area contributed by atoms with Gasteiger partial charge in [0.25, 0.3) is 0 Å². The first kappa shape index (κ1) is 14.3. The van der Waals surface area contributed by atoms with Crippen molar-refractivity contribution in [3.63, 3.8) is 0 Å². The van der Waals surface area contributed by atoms with Gasteiger partial charge in [-0.2, -0.15) is 0 Å². The lowest BCUT2D eigenvalue weighted by Gasteiger charge is -2.27. The standard InChI is InChI=1S/C12H24N2O3/c1-5-13-9-6-10(8-15)14(7-9)11(16)17-12(2,3)4/h9-10,13,15H,5-8H2,1-4H3/t9-,10-/m0/s1. The van der Waals surface area contributed by atoms with Crippen LogP contribution in [0.3, 0.4) is 0 Å². The molecule has 1 rings (SSSR count). The fourth-order valence-electron chi connectivity index (χ4n) is 2.07. The van der Waals surface area contributed by atoms with Gasteiger partial charge in [0, 0.05) is 12.6 Å². The van der Waals surface area contributed by atoms with Gasteiger partial charge in [0.2, 0.25) is 0 Å². The van der Waals surface area contributed by atoms with Crippen LogP contribution in [0.1, 0.15) is 34.1 Å². The van der Waals surface area contributed by atoms with E-state index in [1.165, 1.54) is 0 Å². The number of aliphatic hydroxyl groups excluding tert-OH is 1. The van der Waals surface area contributed by atoms with E-state index in [0.29, 0.717) is 6.54 Å². The average Bonchev–Trinajstić information content (AvgIpc) is 2.59. The molecule has 0 aliphatic carbocycles. The summed E-state index contributed by atoms with van der Waals surface area (Å²) in [4.78, 5) is 13.6. The number of nitrogens with one attached hydrogen (secondary N) is 1. The second kappa shape index (κ2) is 5.69. The molecule has 0 unspecified atom stereocenters. The number of nitrogens with zero attached hydrogens (tertiary/aromatic N) is 1. The SMILES string of the molecule is CCN[C@H]1C[C@@H](CO)N(C(=O)OC(C)(C)C)C1. The molecule has 0 saturated carbocycles. The van der Waals surface area contributed by atoms with Crippen LogP contribution in [0.5, 0.6) is 0 Å². The van der Waals surface area contributed by atoms with E-state index in [4.69, 9.17) is 4.74 Å². The number of rotatable bonds is 3. The Kier molecular flexibility index (Phi) is 4.77. The highest BCUT2D eigenvalue weighted by atomic mass is 16.6. The van der Waals surface area contributed by atoms with Gasteiger partial charge in [0.15, 0.2) is 0 Å². The van der Waals surface area contributed by atoms with E-state index in [9.17, 15) is 9.90 Å². The van der Waals surface area contributed by atoms with Crippen molar-refractivity contribution in [2.75, 3.05) is 19.7 Å². The van der Waals surface area contributed by atoms with Gasteiger partial charge in [0.1, 0.15) is 5.60 Å². The highest BCUT2D eigenvalue weighted by molar-refractivity contribution is 5.69. The quantitative estimate of drug-likeness (QED) is 0.776. The molecule has 0 bridgehead atoms. The van der Waals surface area contributed by atoms with E-state index in [1.807, 2.05) is 27.7 Å². The predicted octanol–water partition coefficient (Wildman–Crippen LogP) is 0.966. The van der Waals surface area contributed by atoms with Crippen molar-refractivity contribution in [1.29, 1.82) is 0 Å². The molecule has 1 aliphatic heterocycles. The molecule has 5 nitrogen and oxygen atoms in total. The van der Waals surface area contributed by atoms with E-state index in [1.54, 1.807) is 4.90 Å². The fraction of sp³-hybridized carbons (Fsp3) is 0.917. The number of likely N-dealkylation sites (N-methyl/N-ethyl adjacent to an activating group) is 1. The monoisotopic (exact) mass is 244 g/mol. The summed E-state index contributed by atoms with van der Waals surface area (Å²) in [5.74, 6) is 0. The maximum Gasteiger partial charge on any atom is 0.410 e. The largest absolute Gasteiger partial charge is 0.444 e. The van der Waals surface area contributed by atoms with E-state index in [0.717, 1.165) is 13.0 Å². The number of carbonyl (C=O) groups is 1. The Balaban J connectivity index is 2.59. The first-order valence-corrected chi connectivity index (χ1v) is 6.21. The number of hydrogen-bond donors (Lipinski definition) is 2. The molecule has 1 fully saturated rings. The smallest absolute Gasteiger partial charge is 0.410 e. The highest BCUT2D eigenvalue weighted by Crippen LogP contribution is 2.20. The lowest BCUT2D eigenvalue weighted by atomic mass is 10.2. The van der Waals surface area contributed by atoms with Crippen molar-refractivity contribution in [2.45, 2.75) is 51.8 Å². The predicted molar refractivity (Wildman–Crippen MR) is 65.9 cm³/mol. The Labute approximate surface area is 103 Å². The molecule has 1 saturated heterocycles. The molecule has 0 aromatic carbocycles. The van der Waals surface area contributed by atoms with E-state index >= 15 is 0 Å². The third-order valence-corrected chi connectivity index (χ3v) is 2.75. The summed E-state index contributed by atoms with van der Waals surface area (Å²) in [6.07, 6.45) is 0.445. The third kappa shape index (κ3) is 4.16. The van der Waals surface area contributed by atoms with Gasteiger partial charge < -0.3 is 20.1 Å². The number of amides is 1. The molecule has 0 radical (unpaired) electrons. The van der Waals surface area contributed by atoms with Crippen molar-refractivity contribution in [3.8, 4) is 0 Å². The van der Waals surface area contributed by atoms with Crippen molar-refractivity contribution in [1.82, 2.24) is 10.2 Å². The van der Waals surface area contributed by atoms with Crippen LogP contribution < -0.4 is 5.32 Å². The van der Waals surface area contributed by atoms with Crippen LogP contribution in [0.4, 0.5) is 4.79 Å². The van der Waals surface area contributed by atoms with E-state index < -0.39 is 5.60 Å². The van der Waals surface area contributed by atoms with Gasteiger partial charge in [-0.15, -0.1) is 0 Å². The topological polar surface area (TPSA) is 61.8 Å². The minimum atomic E-state index is -0.493. The zero-order valence-electron chi connectivity index (χ0n) is 11.2. The van der Waals surface area contributed by atoms with Crippen molar-refractivity contribution < 1.29 is 14.6 Å². The first-order valence-electron chi connectivity index (χ1n) is 6.21. The third-order valence-electron chi connectivity index (χ3n) is 2.75. The molecule has 100 valence electrons. The number of carbonyl (C=O) groups excluding carboxylic acids is 1. The summed E-state index contributed by atoms with van der Waals surface area (Å²) in [7, 11) is 0. The zero-order valence-corrected chi connectivity index (χ0v) is 11.2. The molecule has 0 spiro atoms. The summed E-state index contributed by atoms with van der Waals surface area (Å²) in [5, 5.41) is 12.6. The minimum Gasteiger partial charge on any atom is -0.444 e. The lowest BCUT2D eigenvalue weighted by Crippen LogP contribution is -2.42. The molecular formula is C12H24N2O3. The summed E-state index contributed by atoms with van der Waals surface area (Å²) in [6.45, 7) is 9.02. The maximum atomic E-state index is 11.9. The Morgan fingerprint density at radius 3 is 2.65 bits per heavy atom. The van der Waals surface area contributed by atoms with Crippen molar-refractivity contribution in [2.24, 2.45) is 0 Å². The minimum absolute atomic E-state index is 0.0128. The van der Waals surface area contributed by atoms with Gasteiger partial charge >= 0.3 is 6.09 Å². The van der Waals surface area contributed by atoms with Gasteiger partial charge in [-0.25, -0.2) is 4.79 Å². The summed E-state index contributed by atoms with van der Waals surface area (Å²) >= 11 is 0. The summed E-state index contributed by atoms with van der Waals surface area (Å²) in [5.41, 5.74) is -0.493. The Hall–Kier alpha value is -0.810. The van der Waals surface area contributed by atoms with Gasteiger partial charge in [-0.1, -0.05) is 6.92 Å². The van der Waals surface area contributed by atoms with Crippen LogP contribution in [-0.4, -0.2) is 53.5 Å². The van der Waals surface area contributed by atoms with Crippen LogP contribution in [0.15, 0.2) is 0 Å². The average molecular weight is 244 g/mol. The molecule has 0 aromatic heterocycles. The van der Waals surface area contributed by atoms with Gasteiger partial charge in [0.05, 0.1) is 12.6 Å². The van der Waals surface area contributed by atoms with Gasteiger partial charge in [-0.3, -0.25) is 0 Å². The Morgan fingerprint density at radius 2 is 2.18 bits per heavy atom. The van der Waals surface area contributed by atoms with Crippen LogP contribution >= 0.6 is 0 Å². The lowest BCUT2D eigenvalue weighted by molar-refractivity contribution is 0.0174. The number of aliphatic hydroxyl groups is 1. The Morgan fingerprint density at radius 1 is 1.53 bits per heavy atom. The molecule has 1 aliphatic rings. The van der Waals surface area contributed by atoms with Crippen LogP contribution in [0, 0.1) is 0 Å². The number of ether oxygens (including phenoxy) is 1. The molecule has 17 heavy (non-hydrogen) atoms. The van der Waals surface area contributed by atoms with Crippen LogP contribution in [-0.2, 0) is 4.74 Å². The first-order chi connectivity index (χ1) is 7.87. The molecule has 2 atom stereocenters. The molecular weight excluding hydrogens is 220 g/mol. The van der Waals surface area contributed by atoms with Gasteiger partial charge in [-0.05, 0) is 33.7 Å². The second-order valence-electron chi connectivity index (χ2n) is 5.46. The van der Waals surface area contributed by atoms with Crippen molar-refractivity contribution in [3.05, 3.63) is 0 Å². The molecule has 5 heteroatoms. The maximum absolute atomic E-state index is 11.9. The summed E-state index contributed by atoms with van der Waals surface area (Å²) in [6, 6.07) is 0.124. The van der Waals surface area contributed by atoms with Crippen LogP contribution in [0.25, 0.3) is 0 Å². The fourth-order valence-corrected chi connectivity index (χ4v) is 2.07. The molecule has 1 amide bonds. The Bertz CT molecular complexity index is 263. The van der Waals surface area contributed by atoms with E-state index in [2.05, 4.69) is 5.32 Å². The highest BCUT2D eigenvalue weighted by Gasteiger charge is 2.36. The number of hydrogen-bond acceptors (Lipinski definition) is 4. The van der Waals surface area contributed by atoms with Crippen LogP contribution in [0.2, 0.25) is 0 Å². The molecule has 1 heterocycles. The number of likely N-dealkylation sites (tertiary alicyclic amines) is 1. The van der Waals surface area contributed by atoms with Crippen molar-refractivity contribution >= 4 is 6.09 Å². The molecule has 2 N–H and O–H groups in total. The summed E-state index contributed by atoms with van der Waals surface area (Å²) < 4.78 is 5.33. The normalized spacial score (nSPS) is 25.1.